The van der Waals surface area contributed by atoms with Gasteiger partial charge in [-0.2, -0.15) is 5.26 Å². The molecule has 0 heterocycles. The molecule has 1 aromatic carbocycles. The van der Waals surface area contributed by atoms with E-state index in [-0.39, 0.29) is 6.61 Å². The smallest absolute Gasteiger partial charge is 0.174 e. The van der Waals surface area contributed by atoms with Gasteiger partial charge in [-0.15, -0.1) is 0 Å². The first-order valence-corrected chi connectivity index (χ1v) is 6.70. The molecule has 0 saturated heterocycles. The Kier molecular flexibility index (Phi) is 4.46. The summed E-state index contributed by atoms with van der Waals surface area (Å²) in [6.45, 7) is 2.36. The van der Waals surface area contributed by atoms with E-state index in [0.29, 0.717) is 6.04 Å². The molecule has 3 heteroatoms. The number of hydrogen-bond donors (Lipinski definition) is 1. The number of ether oxygens (including phenoxy) is 1. The van der Waals surface area contributed by atoms with Gasteiger partial charge in [-0.3, -0.25) is 0 Å². The van der Waals surface area contributed by atoms with Gasteiger partial charge in [0.25, 0.3) is 0 Å². The van der Waals surface area contributed by atoms with Crippen molar-refractivity contribution in [1.29, 1.82) is 5.26 Å². The van der Waals surface area contributed by atoms with Crippen molar-refractivity contribution in [3.63, 3.8) is 0 Å². The number of hydrogen-bond acceptors (Lipinski definition) is 3. The molecule has 0 radical (unpaired) electrons. The zero-order chi connectivity index (χ0) is 12.8. The Morgan fingerprint density at radius 1 is 1.44 bits per heavy atom. The van der Waals surface area contributed by atoms with Gasteiger partial charge < -0.3 is 10.1 Å². The summed E-state index contributed by atoms with van der Waals surface area (Å²) in [5, 5.41) is 12.1. The molecule has 1 aromatic rings. The van der Waals surface area contributed by atoms with Crippen LogP contribution in [0.15, 0.2) is 24.3 Å². The maximum atomic E-state index is 8.50. The number of anilines is 1. The van der Waals surface area contributed by atoms with Gasteiger partial charge in [-0.05, 0) is 30.9 Å². The van der Waals surface area contributed by atoms with Crippen molar-refractivity contribution >= 4 is 5.69 Å². The standard InChI is InChI=1S/C15H20N2O/c1-2-12-5-3-8-15(12)17-13-6-4-7-14(11-13)18-10-9-16/h4,6-7,11-12,15,17H,2-3,5,8,10H2,1H3. The summed E-state index contributed by atoms with van der Waals surface area (Å²) < 4.78 is 5.31. The van der Waals surface area contributed by atoms with Crippen LogP contribution in [0.25, 0.3) is 0 Å². The maximum Gasteiger partial charge on any atom is 0.174 e. The zero-order valence-electron chi connectivity index (χ0n) is 10.9. The molecule has 18 heavy (non-hydrogen) atoms. The highest BCUT2D eigenvalue weighted by Crippen LogP contribution is 2.31. The van der Waals surface area contributed by atoms with Crippen LogP contribution in [0, 0.1) is 17.2 Å². The molecule has 0 bridgehead atoms. The van der Waals surface area contributed by atoms with Gasteiger partial charge in [-0.25, -0.2) is 0 Å². The van der Waals surface area contributed by atoms with Crippen molar-refractivity contribution in [2.75, 3.05) is 11.9 Å². The molecule has 3 nitrogen and oxygen atoms in total. The van der Waals surface area contributed by atoms with Crippen LogP contribution in [-0.4, -0.2) is 12.6 Å². The van der Waals surface area contributed by atoms with Crippen LogP contribution in [0.2, 0.25) is 0 Å². The lowest BCUT2D eigenvalue weighted by molar-refractivity contribution is 0.368. The lowest BCUT2D eigenvalue weighted by Crippen LogP contribution is -2.23. The van der Waals surface area contributed by atoms with Gasteiger partial charge in [0.2, 0.25) is 0 Å². The van der Waals surface area contributed by atoms with Gasteiger partial charge in [0.15, 0.2) is 6.61 Å². The van der Waals surface area contributed by atoms with E-state index in [1.165, 1.54) is 25.7 Å². The van der Waals surface area contributed by atoms with Gasteiger partial charge >= 0.3 is 0 Å². The van der Waals surface area contributed by atoms with Crippen LogP contribution < -0.4 is 10.1 Å². The first-order valence-electron chi connectivity index (χ1n) is 6.70. The number of rotatable bonds is 5. The van der Waals surface area contributed by atoms with Crippen molar-refractivity contribution < 1.29 is 4.74 Å². The van der Waals surface area contributed by atoms with E-state index in [1.807, 2.05) is 24.3 Å². The summed E-state index contributed by atoms with van der Waals surface area (Å²) in [5.74, 6) is 1.54. The predicted molar refractivity (Wildman–Crippen MR) is 72.6 cm³/mol. The van der Waals surface area contributed by atoms with Gasteiger partial charge in [0.1, 0.15) is 11.8 Å². The second kappa shape index (κ2) is 6.30. The van der Waals surface area contributed by atoms with Crippen LogP contribution in [0.1, 0.15) is 32.6 Å². The molecule has 2 rings (SSSR count). The molecule has 0 amide bonds. The molecule has 1 aliphatic carbocycles. The molecule has 2 atom stereocenters. The first kappa shape index (κ1) is 12.8. The third-order valence-corrected chi connectivity index (χ3v) is 3.67. The molecule has 1 N–H and O–H groups in total. The van der Waals surface area contributed by atoms with Crippen molar-refractivity contribution in [3.8, 4) is 11.8 Å². The van der Waals surface area contributed by atoms with Gasteiger partial charge in [0, 0.05) is 17.8 Å². The van der Waals surface area contributed by atoms with Crippen LogP contribution in [0.5, 0.6) is 5.75 Å². The van der Waals surface area contributed by atoms with Gasteiger partial charge in [-0.1, -0.05) is 25.8 Å². The predicted octanol–water partition coefficient (Wildman–Crippen LogP) is 3.58. The van der Waals surface area contributed by atoms with Crippen molar-refractivity contribution in [1.82, 2.24) is 0 Å². The molecule has 1 saturated carbocycles. The monoisotopic (exact) mass is 244 g/mol. The van der Waals surface area contributed by atoms with Crippen molar-refractivity contribution in [2.24, 2.45) is 5.92 Å². The highest BCUT2D eigenvalue weighted by Gasteiger charge is 2.25. The van der Waals surface area contributed by atoms with Crippen molar-refractivity contribution in [2.45, 2.75) is 38.6 Å². The summed E-state index contributed by atoms with van der Waals surface area (Å²) in [7, 11) is 0. The number of nitriles is 1. The van der Waals surface area contributed by atoms with Crippen LogP contribution in [-0.2, 0) is 0 Å². The van der Waals surface area contributed by atoms with E-state index < -0.39 is 0 Å². The molecule has 0 spiro atoms. The Morgan fingerprint density at radius 2 is 2.33 bits per heavy atom. The highest BCUT2D eigenvalue weighted by molar-refractivity contribution is 5.49. The van der Waals surface area contributed by atoms with Crippen LogP contribution in [0.4, 0.5) is 5.69 Å². The van der Waals surface area contributed by atoms with Crippen molar-refractivity contribution in [3.05, 3.63) is 24.3 Å². The molecule has 0 aromatic heterocycles. The Morgan fingerprint density at radius 3 is 3.11 bits per heavy atom. The topological polar surface area (TPSA) is 45.0 Å². The fraction of sp³-hybridized carbons (Fsp3) is 0.533. The molecule has 2 unspecified atom stereocenters. The van der Waals surface area contributed by atoms with Crippen LogP contribution >= 0.6 is 0 Å². The third-order valence-electron chi connectivity index (χ3n) is 3.67. The lowest BCUT2D eigenvalue weighted by Gasteiger charge is -2.21. The normalized spacial score (nSPS) is 22.4. The summed E-state index contributed by atoms with van der Waals surface area (Å²) in [4.78, 5) is 0. The fourth-order valence-electron chi connectivity index (χ4n) is 2.72. The summed E-state index contributed by atoms with van der Waals surface area (Å²) in [5.41, 5.74) is 1.09. The average Bonchev–Trinajstić information content (AvgIpc) is 2.84. The van der Waals surface area contributed by atoms with E-state index in [0.717, 1.165) is 17.4 Å². The highest BCUT2D eigenvalue weighted by atomic mass is 16.5. The van der Waals surface area contributed by atoms with E-state index in [1.54, 1.807) is 0 Å². The summed E-state index contributed by atoms with van der Waals surface area (Å²) in [6, 6.07) is 10.4. The molecular formula is C15H20N2O. The molecule has 1 fully saturated rings. The van der Waals surface area contributed by atoms with E-state index in [9.17, 15) is 0 Å². The second-order valence-electron chi connectivity index (χ2n) is 4.82. The maximum absolute atomic E-state index is 8.50. The van der Waals surface area contributed by atoms with E-state index in [2.05, 4.69) is 18.3 Å². The van der Waals surface area contributed by atoms with E-state index >= 15 is 0 Å². The lowest BCUT2D eigenvalue weighted by atomic mass is 10.0. The Balaban J connectivity index is 1.98. The third kappa shape index (κ3) is 3.16. The minimum atomic E-state index is 0.102. The molecule has 1 aliphatic rings. The molecular weight excluding hydrogens is 224 g/mol. The van der Waals surface area contributed by atoms with Crippen LogP contribution in [0.3, 0.4) is 0 Å². The van der Waals surface area contributed by atoms with E-state index in [4.69, 9.17) is 10.00 Å². The minimum Gasteiger partial charge on any atom is -0.479 e. The Labute approximate surface area is 109 Å². The first-order chi connectivity index (χ1) is 8.83. The minimum absolute atomic E-state index is 0.102. The zero-order valence-corrected chi connectivity index (χ0v) is 10.9. The fourth-order valence-corrected chi connectivity index (χ4v) is 2.72. The second-order valence-corrected chi connectivity index (χ2v) is 4.82. The Hall–Kier alpha value is -1.69. The largest absolute Gasteiger partial charge is 0.479 e. The average molecular weight is 244 g/mol. The number of nitrogens with zero attached hydrogens (tertiary/aromatic N) is 1. The quantitative estimate of drug-likeness (QED) is 0.861. The SMILES string of the molecule is CCC1CCCC1Nc1cccc(OCC#N)c1. The Bertz CT molecular complexity index is 425. The molecule has 96 valence electrons. The van der Waals surface area contributed by atoms with Gasteiger partial charge in [0.05, 0.1) is 0 Å². The summed E-state index contributed by atoms with van der Waals surface area (Å²) >= 11 is 0. The molecule has 0 aliphatic heterocycles. The summed E-state index contributed by atoms with van der Waals surface area (Å²) in [6.07, 6.45) is 5.14. The number of benzene rings is 1. The number of nitrogens with one attached hydrogen (secondary N) is 1.